The molecule has 1 aliphatic heterocycles. The van der Waals surface area contributed by atoms with Crippen LogP contribution in [0.5, 0.6) is 0 Å². The first-order valence-corrected chi connectivity index (χ1v) is 7.57. The van der Waals surface area contributed by atoms with Crippen molar-refractivity contribution in [2.45, 2.75) is 33.1 Å². The Morgan fingerprint density at radius 3 is 3.05 bits per heavy atom. The summed E-state index contributed by atoms with van der Waals surface area (Å²) in [6.07, 6.45) is 5.38. The fourth-order valence-electron chi connectivity index (χ4n) is 2.57. The lowest BCUT2D eigenvalue weighted by molar-refractivity contribution is 0.0576. The van der Waals surface area contributed by atoms with Gasteiger partial charge in [-0.05, 0) is 32.1 Å². The zero-order valence-electron chi connectivity index (χ0n) is 12.9. The van der Waals surface area contributed by atoms with Gasteiger partial charge in [-0.3, -0.25) is 0 Å². The predicted octanol–water partition coefficient (Wildman–Crippen LogP) is 2.47. The minimum Gasteiger partial charge on any atom is -0.381 e. The number of anilines is 2. The van der Waals surface area contributed by atoms with Crippen molar-refractivity contribution in [3.63, 3.8) is 0 Å². The van der Waals surface area contributed by atoms with E-state index in [4.69, 9.17) is 4.74 Å². The highest BCUT2D eigenvalue weighted by Gasteiger charge is 2.18. The Balaban J connectivity index is 2.01. The number of rotatable bonds is 6. The van der Waals surface area contributed by atoms with E-state index in [2.05, 4.69) is 41.1 Å². The second kappa shape index (κ2) is 7.43. The molecule has 1 aliphatic rings. The first-order valence-electron chi connectivity index (χ1n) is 7.57. The lowest BCUT2D eigenvalue weighted by atomic mass is 10.0. The molecule has 0 spiro atoms. The van der Waals surface area contributed by atoms with Crippen molar-refractivity contribution < 1.29 is 4.74 Å². The van der Waals surface area contributed by atoms with Crippen molar-refractivity contribution in [2.75, 3.05) is 43.6 Å². The summed E-state index contributed by atoms with van der Waals surface area (Å²) >= 11 is 0. The van der Waals surface area contributed by atoms with Crippen LogP contribution in [0.2, 0.25) is 0 Å². The Hall–Kier alpha value is -1.36. The van der Waals surface area contributed by atoms with Crippen molar-refractivity contribution >= 4 is 11.8 Å². The number of nitrogens with one attached hydrogen (secondary N) is 1. The molecule has 1 N–H and O–H groups in total. The van der Waals surface area contributed by atoms with Crippen LogP contribution in [0, 0.1) is 12.8 Å². The number of ether oxygens (including phenoxy) is 1. The molecule has 0 saturated carbocycles. The van der Waals surface area contributed by atoms with Crippen LogP contribution >= 0.6 is 0 Å². The normalized spacial score (nSPS) is 18.9. The number of aryl methyl sites for hydroxylation is 1. The molecular weight excluding hydrogens is 252 g/mol. The first kappa shape index (κ1) is 15.0. The third-order valence-corrected chi connectivity index (χ3v) is 3.63. The van der Waals surface area contributed by atoms with Gasteiger partial charge in [0.15, 0.2) is 0 Å². The molecule has 0 radical (unpaired) electrons. The minimum atomic E-state index is 0.607. The fourth-order valence-corrected chi connectivity index (χ4v) is 2.57. The average Bonchev–Trinajstić information content (AvgIpc) is 2.47. The maximum Gasteiger partial charge on any atom is 0.224 e. The third-order valence-electron chi connectivity index (χ3n) is 3.63. The van der Waals surface area contributed by atoms with Crippen molar-refractivity contribution in [3.05, 3.63) is 11.8 Å². The van der Waals surface area contributed by atoms with Crippen LogP contribution in [0.25, 0.3) is 0 Å². The van der Waals surface area contributed by atoms with E-state index in [-0.39, 0.29) is 0 Å². The minimum absolute atomic E-state index is 0.607. The summed E-state index contributed by atoms with van der Waals surface area (Å²) in [6.45, 7) is 7.88. The Morgan fingerprint density at radius 2 is 2.35 bits per heavy atom. The topological polar surface area (TPSA) is 50.3 Å². The van der Waals surface area contributed by atoms with Crippen LogP contribution < -0.4 is 10.2 Å². The van der Waals surface area contributed by atoms with Crippen molar-refractivity contribution in [3.8, 4) is 0 Å². The van der Waals surface area contributed by atoms with Crippen LogP contribution in [0.4, 0.5) is 11.8 Å². The average molecular weight is 278 g/mol. The van der Waals surface area contributed by atoms with Crippen LogP contribution in [-0.2, 0) is 4.74 Å². The summed E-state index contributed by atoms with van der Waals surface area (Å²) in [5.74, 6) is 2.35. The maximum absolute atomic E-state index is 5.55. The fraction of sp³-hybridized carbons (Fsp3) is 0.733. The lowest BCUT2D eigenvalue weighted by Crippen LogP contribution is -2.32. The van der Waals surface area contributed by atoms with Gasteiger partial charge in [-0.1, -0.05) is 6.92 Å². The van der Waals surface area contributed by atoms with Gasteiger partial charge in [0.2, 0.25) is 5.95 Å². The van der Waals surface area contributed by atoms with Gasteiger partial charge < -0.3 is 15.0 Å². The van der Waals surface area contributed by atoms with E-state index in [9.17, 15) is 0 Å². The molecule has 20 heavy (non-hydrogen) atoms. The molecule has 1 unspecified atom stereocenters. The van der Waals surface area contributed by atoms with E-state index in [1.165, 1.54) is 12.8 Å². The van der Waals surface area contributed by atoms with E-state index in [1.807, 2.05) is 6.20 Å². The molecule has 0 bridgehead atoms. The highest BCUT2D eigenvalue weighted by atomic mass is 16.5. The standard InChI is InChI=1S/C15H26N4O/c1-4-7-16-15-17-9-12(2)14(18-15)19(3)10-13-6-5-8-20-11-13/h9,13H,4-8,10-11H2,1-3H3,(H,16,17,18). The van der Waals surface area contributed by atoms with Crippen LogP contribution in [-0.4, -0.2) is 43.3 Å². The molecule has 5 nitrogen and oxygen atoms in total. The Bertz CT molecular complexity index is 418. The lowest BCUT2D eigenvalue weighted by Gasteiger charge is -2.28. The van der Waals surface area contributed by atoms with Gasteiger partial charge in [0.05, 0.1) is 6.61 Å². The molecule has 5 heteroatoms. The molecule has 0 amide bonds. The number of hydrogen-bond donors (Lipinski definition) is 1. The van der Waals surface area contributed by atoms with Gasteiger partial charge >= 0.3 is 0 Å². The van der Waals surface area contributed by atoms with Gasteiger partial charge in [-0.15, -0.1) is 0 Å². The second-order valence-electron chi connectivity index (χ2n) is 5.59. The number of nitrogens with zero attached hydrogens (tertiary/aromatic N) is 3. The zero-order valence-corrected chi connectivity index (χ0v) is 12.9. The summed E-state index contributed by atoms with van der Waals surface area (Å²) in [7, 11) is 2.10. The number of hydrogen-bond acceptors (Lipinski definition) is 5. The smallest absolute Gasteiger partial charge is 0.224 e. The highest BCUT2D eigenvalue weighted by molar-refractivity contribution is 5.48. The Labute approximate surface area is 121 Å². The van der Waals surface area contributed by atoms with E-state index in [1.54, 1.807) is 0 Å². The maximum atomic E-state index is 5.55. The molecule has 1 saturated heterocycles. The first-order chi connectivity index (χ1) is 9.70. The summed E-state index contributed by atoms with van der Waals surface area (Å²) in [5.41, 5.74) is 1.12. The molecule has 1 atom stereocenters. The summed E-state index contributed by atoms with van der Waals surface area (Å²) in [4.78, 5) is 11.2. The monoisotopic (exact) mass is 278 g/mol. The highest BCUT2D eigenvalue weighted by Crippen LogP contribution is 2.21. The zero-order chi connectivity index (χ0) is 14.4. The predicted molar refractivity (Wildman–Crippen MR) is 82.4 cm³/mol. The second-order valence-corrected chi connectivity index (χ2v) is 5.59. The molecular formula is C15H26N4O. The van der Waals surface area contributed by atoms with Gasteiger partial charge in [0.1, 0.15) is 5.82 Å². The SMILES string of the molecule is CCCNc1ncc(C)c(N(C)CC2CCCOC2)n1. The van der Waals surface area contributed by atoms with E-state index < -0.39 is 0 Å². The molecule has 1 aromatic rings. The van der Waals surface area contributed by atoms with Crippen molar-refractivity contribution in [2.24, 2.45) is 5.92 Å². The molecule has 0 aliphatic carbocycles. The van der Waals surface area contributed by atoms with Crippen molar-refractivity contribution in [1.82, 2.24) is 9.97 Å². The summed E-state index contributed by atoms with van der Waals surface area (Å²) in [6, 6.07) is 0. The summed E-state index contributed by atoms with van der Waals surface area (Å²) in [5, 5.41) is 3.25. The molecule has 1 aromatic heterocycles. The molecule has 0 aromatic carbocycles. The van der Waals surface area contributed by atoms with Gasteiger partial charge in [-0.25, -0.2) is 4.98 Å². The largest absolute Gasteiger partial charge is 0.381 e. The van der Waals surface area contributed by atoms with Crippen LogP contribution in [0.3, 0.4) is 0 Å². The van der Waals surface area contributed by atoms with Gasteiger partial charge in [0.25, 0.3) is 0 Å². The van der Waals surface area contributed by atoms with E-state index >= 15 is 0 Å². The van der Waals surface area contributed by atoms with Crippen molar-refractivity contribution in [1.29, 1.82) is 0 Å². The molecule has 1 fully saturated rings. The van der Waals surface area contributed by atoms with Gasteiger partial charge in [0, 0.05) is 38.5 Å². The Morgan fingerprint density at radius 1 is 1.50 bits per heavy atom. The van der Waals surface area contributed by atoms with E-state index in [0.29, 0.717) is 5.92 Å². The quantitative estimate of drug-likeness (QED) is 0.866. The molecule has 2 heterocycles. The Kier molecular flexibility index (Phi) is 5.59. The van der Waals surface area contributed by atoms with E-state index in [0.717, 1.165) is 50.1 Å². The molecule has 2 rings (SSSR count). The third kappa shape index (κ3) is 4.07. The van der Waals surface area contributed by atoms with Crippen LogP contribution in [0.15, 0.2) is 6.20 Å². The molecule has 112 valence electrons. The van der Waals surface area contributed by atoms with Crippen LogP contribution in [0.1, 0.15) is 31.7 Å². The van der Waals surface area contributed by atoms with Gasteiger partial charge in [-0.2, -0.15) is 4.98 Å². The summed E-state index contributed by atoms with van der Waals surface area (Å²) < 4.78 is 5.55. The number of aromatic nitrogens is 2.